The fourth-order valence-electron chi connectivity index (χ4n) is 3.16. The summed E-state index contributed by atoms with van der Waals surface area (Å²) in [5, 5.41) is 0. The molecule has 5 nitrogen and oxygen atoms in total. The summed E-state index contributed by atoms with van der Waals surface area (Å²) in [6, 6.07) is 15.5. The molecule has 130 valence electrons. The first-order valence-electron chi connectivity index (χ1n) is 8.36. The number of hydrogen-bond donors (Lipinski definition) is 0. The highest BCUT2D eigenvalue weighted by molar-refractivity contribution is 5.98. The van der Waals surface area contributed by atoms with Crippen LogP contribution in [0.4, 0.5) is 5.69 Å². The van der Waals surface area contributed by atoms with E-state index in [0.717, 1.165) is 17.7 Å². The Hall–Kier alpha value is -2.82. The zero-order chi connectivity index (χ0) is 17.8. The van der Waals surface area contributed by atoms with E-state index in [1.54, 1.807) is 16.9 Å². The average Bonchev–Trinajstić information content (AvgIpc) is 3.05. The van der Waals surface area contributed by atoms with Crippen LogP contribution in [0.3, 0.4) is 0 Å². The Morgan fingerprint density at radius 2 is 1.84 bits per heavy atom. The molecule has 2 aromatic carbocycles. The Morgan fingerprint density at radius 1 is 1.12 bits per heavy atom. The highest BCUT2D eigenvalue weighted by Gasteiger charge is 2.26. The molecule has 0 aromatic heterocycles. The predicted octanol–water partition coefficient (Wildman–Crippen LogP) is 2.63. The fourth-order valence-corrected chi connectivity index (χ4v) is 3.16. The van der Waals surface area contributed by atoms with Crippen LogP contribution in [0.2, 0.25) is 0 Å². The maximum atomic E-state index is 12.8. The summed E-state index contributed by atoms with van der Waals surface area (Å²) in [7, 11) is 1.60. The van der Waals surface area contributed by atoms with Crippen LogP contribution in [0.15, 0.2) is 48.5 Å². The molecule has 3 rings (SSSR count). The van der Waals surface area contributed by atoms with Crippen molar-refractivity contribution in [2.24, 2.45) is 0 Å². The minimum Gasteiger partial charge on any atom is -0.496 e. The summed E-state index contributed by atoms with van der Waals surface area (Å²) in [6.45, 7) is 2.56. The van der Waals surface area contributed by atoms with E-state index in [-0.39, 0.29) is 18.4 Å². The Balaban J connectivity index is 1.74. The molecule has 1 aliphatic heterocycles. The molecule has 1 heterocycles. The third-order valence-electron chi connectivity index (χ3n) is 4.51. The number of methoxy groups -OCH3 is 1. The summed E-state index contributed by atoms with van der Waals surface area (Å²) in [6.07, 6.45) is 0.856. The van der Waals surface area contributed by atoms with Gasteiger partial charge in [0.1, 0.15) is 12.3 Å². The smallest absolute Gasteiger partial charge is 0.246 e. The second-order valence-corrected chi connectivity index (χ2v) is 6.11. The van der Waals surface area contributed by atoms with Crippen LogP contribution in [-0.2, 0) is 22.6 Å². The van der Waals surface area contributed by atoms with Crippen molar-refractivity contribution >= 4 is 17.5 Å². The van der Waals surface area contributed by atoms with E-state index < -0.39 is 0 Å². The highest BCUT2D eigenvalue weighted by Crippen LogP contribution is 2.27. The number of rotatable bonds is 5. The van der Waals surface area contributed by atoms with Crippen molar-refractivity contribution in [2.75, 3.05) is 25.1 Å². The van der Waals surface area contributed by atoms with Crippen LogP contribution in [0.25, 0.3) is 0 Å². The number of ether oxygens (including phenoxy) is 1. The second kappa shape index (κ2) is 7.38. The molecule has 0 N–H and O–H groups in total. The van der Waals surface area contributed by atoms with Crippen molar-refractivity contribution in [1.29, 1.82) is 0 Å². The van der Waals surface area contributed by atoms with E-state index in [9.17, 15) is 9.59 Å². The molecule has 0 saturated carbocycles. The van der Waals surface area contributed by atoms with Crippen molar-refractivity contribution in [3.63, 3.8) is 0 Å². The number of carbonyl (C=O) groups is 2. The standard InChI is InChI=1S/C20H22N2O3/c1-15(23)21(13-17-8-4-6-10-19(17)25-2)14-20(24)22-12-11-16-7-3-5-9-18(16)22/h3-10H,11-14H2,1-2H3. The first-order chi connectivity index (χ1) is 12.1. The van der Waals surface area contributed by atoms with E-state index >= 15 is 0 Å². The summed E-state index contributed by atoms with van der Waals surface area (Å²) < 4.78 is 5.34. The molecule has 0 atom stereocenters. The minimum atomic E-state index is -0.133. The number of benzene rings is 2. The lowest BCUT2D eigenvalue weighted by Crippen LogP contribution is -2.41. The molecule has 0 aliphatic carbocycles. The third-order valence-corrected chi connectivity index (χ3v) is 4.51. The van der Waals surface area contributed by atoms with Crippen molar-refractivity contribution in [2.45, 2.75) is 19.9 Å². The zero-order valence-corrected chi connectivity index (χ0v) is 14.6. The first-order valence-corrected chi connectivity index (χ1v) is 8.36. The van der Waals surface area contributed by atoms with Crippen LogP contribution in [0.5, 0.6) is 5.75 Å². The Bertz CT molecular complexity index is 788. The van der Waals surface area contributed by atoms with E-state index in [4.69, 9.17) is 4.74 Å². The predicted molar refractivity (Wildman–Crippen MR) is 96.6 cm³/mol. The molecule has 1 aliphatic rings. The normalized spacial score (nSPS) is 12.6. The molecule has 25 heavy (non-hydrogen) atoms. The van der Waals surface area contributed by atoms with Gasteiger partial charge in [-0.25, -0.2) is 0 Å². The summed E-state index contributed by atoms with van der Waals surface area (Å²) >= 11 is 0. The van der Waals surface area contributed by atoms with Gasteiger partial charge in [0, 0.05) is 31.3 Å². The van der Waals surface area contributed by atoms with Gasteiger partial charge in [-0.2, -0.15) is 0 Å². The van der Waals surface area contributed by atoms with Gasteiger partial charge in [-0.3, -0.25) is 9.59 Å². The van der Waals surface area contributed by atoms with Crippen molar-refractivity contribution in [3.05, 3.63) is 59.7 Å². The number of anilines is 1. The lowest BCUT2D eigenvalue weighted by Gasteiger charge is -2.25. The van der Waals surface area contributed by atoms with Crippen molar-refractivity contribution in [3.8, 4) is 5.75 Å². The summed E-state index contributed by atoms with van der Waals surface area (Å²) in [5.74, 6) is 0.523. The second-order valence-electron chi connectivity index (χ2n) is 6.11. The molecule has 0 spiro atoms. The fraction of sp³-hybridized carbons (Fsp3) is 0.300. The maximum absolute atomic E-state index is 12.8. The van der Waals surface area contributed by atoms with Crippen molar-refractivity contribution < 1.29 is 14.3 Å². The van der Waals surface area contributed by atoms with E-state index in [1.807, 2.05) is 48.5 Å². The summed E-state index contributed by atoms with van der Waals surface area (Å²) in [4.78, 5) is 28.2. The van der Waals surface area contributed by atoms with Crippen LogP contribution >= 0.6 is 0 Å². The Labute approximate surface area is 147 Å². The van der Waals surface area contributed by atoms with Crippen LogP contribution in [0, 0.1) is 0 Å². The summed E-state index contributed by atoms with van der Waals surface area (Å²) in [5.41, 5.74) is 3.01. The van der Waals surface area contributed by atoms with Gasteiger partial charge in [0.25, 0.3) is 0 Å². The number of para-hydroxylation sites is 2. The highest BCUT2D eigenvalue weighted by atomic mass is 16.5. The number of amides is 2. The average molecular weight is 338 g/mol. The Kier molecular flexibility index (Phi) is 5.03. The minimum absolute atomic E-state index is 0.0573. The lowest BCUT2D eigenvalue weighted by atomic mass is 10.2. The van der Waals surface area contributed by atoms with Gasteiger partial charge < -0.3 is 14.5 Å². The Morgan fingerprint density at radius 3 is 2.60 bits per heavy atom. The topological polar surface area (TPSA) is 49.9 Å². The van der Waals surface area contributed by atoms with Gasteiger partial charge in [0.05, 0.1) is 7.11 Å². The lowest BCUT2D eigenvalue weighted by molar-refractivity contribution is -0.134. The van der Waals surface area contributed by atoms with Crippen molar-refractivity contribution in [1.82, 2.24) is 4.90 Å². The molecule has 0 bridgehead atoms. The van der Waals surface area contributed by atoms with E-state index in [2.05, 4.69) is 0 Å². The SMILES string of the molecule is COc1ccccc1CN(CC(=O)N1CCc2ccccc21)C(C)=O. The number of hydrogen-bond acceptors (Lipinski definition) is 3. The molecule has 0 unspecified atom stereocenters. The molecular weight excluding hydrogens is 316 g/mol. The van der Waals surface area contributed by atoms with Gasteiger partial charge in [-0.05, 0) is 24.1 Å². The van der Waals surface area contributed by atoms with Gasteiger partial charge in [-0.15, -0.1) is 0 Å². The van der Waals surface area contributed by atoms with Gasteiger partial charge in [0.2, 0.25) is 11.8 Å². The molecular formula is C20H22N2O3. The third kappa shape index (κ3) is 3.65. The molecule has 0 saturated heterocycles. The molecule has 2 aromatic rings. The van der Waals surface area contributed by atoms with Gasteiger partial charge >= 0.3 is 0 Å². The van der Waals surface area contributed by atoms with E-state index in [1.165, 1.54) is 12.5 Å². The number of fused-ring (bicyclic) bond motifs is 1. The molecule has 0 radical (unpaired) electrons. The van der Waals surface area contributed by atoms with Crippen LogP contribution in [-0.4, -0.2) is 36.9 Å². The van der Waals surface area contributed by atoms with Gasteiger partial charge in [0.15, 0.2) is 0 Å². The van der Waals surface area contributed by atoms with Crippen LogP contribution < -0.4 is 9.64 Å². The monoisotopic (exact) mass is 338 g/mol. The maximum Gasteiger partial charge on any atom is 0.246 e. The molecule has 2 amide bonds. The largest absolute Gasteiger partial charge is 0.496 e. The van der Waals surface area contributed by atoms with Gasteiger partial charge in [-0.1, -0.05) is 36.4 Å². The number of nitrogens with zero attached hydrogens (tertiary/aromatic N) is 2. The first kappa shape index (κ1) is 17.0. The quantitative estimate of drug-likeness (QED) is 0.842. The van der Waals surface area contributed by atoms with E-state index in [0.29, 0.717) is 18.8 Å². The number of carbonyl (C=O) groups excluding carboxylic acids is 2. The molecule has 0 fully saturated rings. The molecule has 5 heteroatoms. The zero-order valence-electron chi connectivity index (χ0n) is 14.6. The van der Waals surface area contributed by atoms with Crippen LogP contribution in [0.1, 0.15) is 18.1 Å².